The molecule has 2 N–H and O–H groups in total. The highest BCUT2D eigenvalue weighted by Crippen LogP contribution is 2.35. The molecule has 3 heterocycles. The van der Waals surface area contributed by atoms with Gasteiger partial charge in [0, 0.05) is 49.7 Å². The summed E-state index contributed by atoms with van der Waals surface area (Å²) in [6.45, 7) is 7.56. The van der Waals surface area contributed by atoms with Crippen LogP contribution in [0.3, 0.4) is 0 Å². The minimum atomic E-state index is -4.63. The second-order valence-corrected chi connectivity index (χ2v) is 16.8. The molecule has 0 radical (unpaired) electrons. The lowest BCUT2D eigenvalue weighted by Gasteiger charge is -2.41. The van der Waals surface area contributed by atoms with Crippen LogP contribution in [0.15, 0.2) is 10.8 Å². The van der Waals surface area contributed by atoms with Gasteiger partial charge >= 0.3 is 18.1 Å². The monoisotopic (exact) mass is 814 g/mol. The van der Waals surface area contributed by atoms with Gasteiger partial charge in [0.1, 0.15) is 16.7 Å². The van der Waals surface area contributed by atoms with Crippen LogP contribution in [0, 0.1) is 17.8 Å². The number of alkyl halides is 3. The van der Waals surface area contributed by atoms with Gasteiger partial charge in [-0.15, -0.1) is 22.7 Å². The highest BCUT2D eigenvalue weighted by atomic mass is 32.1. The van der Waals surface area contributed by atoms with Crippen molar-refractivity contribution in [2.24, 2.45) is 17.8 Å². The molecule has 306 valence electrons. The van der Waals surface area contributed by atoms with Crippen molar-refractivity contribution in [3.8, 4) is 0 Å². The molecule has 2 aromatic rings. The summed E-state index contributed by atoms with van der Waals surface area (Å²) in [6, 6.07) is -2.22. The molecule has 1 aliphatic heterocycles. The number of ether oxygens (including phenoxy) is 2. The first-order valence-electron chi connectivity index (χ1n) is 18.7. The molecule has 0 spiro atoms. The van der Waals surface area contributed by atoms with Crippen molar-refractivity contribution in [1.29, 1.82) is 0 Å². The van der Waals surface area contributed by atoms with Gasteiger partial charge in [-0.25, -0.2) is 9.97 Å². The topological polar surface area (TPSA) is 160 Å². The Bertz CT molecular complexity index is 1650. The number of thiazole rings is 2. The predicted octanol–water partition coefficient (Wildman–Crippen LogP) is 5.41. The number of nitrogens with zero attached hydrogens (tertiary/aromatic N) is 4. The van der Waals surface area contributed by atoms with E-state index in [9.17, 15) is 37.1 Å². The van der Waals surface area contributed by atoms with Crippen LogP contribution in [0.5, 0.6) is 0 Å². The summed E-state index contributed by atoms with van der Waals surface area (Å²) in [7, 11) is 4.84. The van der Waals surface area contributed by atoms with E-state index in [1.807, 2.05) is 25.8 Å². The van der Waals surface area contributed by atoms with Gasteiger partial charge in [0.05, 0.1) is 24.1 Å². The van der Waals surface area contributed by atoms with Crippen LogP contribution in [0.1, 0.15) is 111 Å². The molecule has 0 bridgehead atoms. The zero-order valence-corrected chi connectivity index (χ0v) is 34.1. The maximum Gasteiger partial charge on any atom is 0.434 e. The van der Waals surface area contributed by atoms with Crippen LogP contribution in [-0.2, 0) is 41.2 Å². The molecule has 3 amide bonds. The van der Waals surface area contributed by atoms with Gasteiger partial charge in [-0.1, -0.05) is 33.6 Å². The number of hydrogen-bond acceptors (Lipinski definition) is 12. The normalized spacial score (nSPS) is 19.4. The van der Waals surface area contributed by atoms with E-state index in [1.165, 1.54) is 19.4 Å². The average Bonchev–Trinajstić information content (AvgIpc) is 3.79. The van der Waals surface area contributed by atoms with Crippen molar-refractivity contribution in [2.75, 3.05) is 27.7 Å². The summed E-state index contributed by atoms with van der Waals surface area (Å²) in [5.74, 6) is -2.90. The van der Waals surface area contributed by atoms with Crippen molar-refractivity contribution in [2.45, 2.75) is 122 Å². The number of likely N-dealkylation sites (tertiary alicyclic amines) is 1. The number of carbonyl (C=O) groups is 5. The predicted molar refractivity (Wildman–Crippen MR) is 200 cm³/mol. The van der Waals surface area contributed by atoms with E-state index in [0.717, 1.165) is 73.1 Å². The molecule has 0 aromatic carbocycles. The van der Waals surface area contributed by atoms with Crippen LogP contribution in [0.2, 0.25) is 0 Å². The van der Waals surface area contributed by atoms with E-state index in [0.29, 0.717) is 5.01 Å². The fourth-order valence-electron chi connectivity index (χ4n) is 7.15. The third-order valence-corrected chi connectivity index (χ3v) is 12.3. The first kappa shape index (κ1) is 44.1. The van der Waals surface area contributed by atoms with E-state index in [1.54, 1.807) is 18.9 Å². The third kappa shape index (κ3) is 11.9. The van der Waals surface area contributed by atoms with Crippen molar-refractivity contribution in [3.63, 3.8) is 0 Å². The molecule has 0 unspecified atom stereocenters. The standard InChI is InChI=1S/C37H53F3N6O7S2/c1-20(2)27(46(6)35(50)31(23-11-10-12-23)44-33(49)26-13-8-9-14-45(26)5)17-28(53-22(4)47)34-42-25(18-55-34)32(48)41-24(15-21(3)36(51)52-7)16-30-43-29(19-54-30)37(38,39)40/h18-21,23-24,26-28,31H,8-17H2,1-7H3,(H,41,48)(H,44,49)/t21-,24+,26+,27+,28+,31-/m0/s1. The average molecular weight is 815 g/mol. The second-order valence-electron chi connectivity index (χ2n) is 15.0. The van der Waals surface area contributed by atoms with E-state index < -0.39 is 59.9 Å². The smallest absolute Gasteiger partial charge is 0.434 e. The molecule has 55 heavy (non-hydrogen) atoms. The number of halogens is 3. The summed E-state index contributed by atoms with van der Waals surface area (Å²) in [5.41, 5.74) is -1.06. The van der Waals surface area contributed by atoms with Gasteiger partial charge in [0.25, 0.3) is 5.91 Å². The van der Waals surface area contributed by atoms with Gasteiger partial charge in [-0.3, -0.25) is 28.9 Å². The van der Waals surface area contributed by atoms with Gasteiger partial charge in [0.2, 0.25) is 11.8 Å². The number of nitrogens with one attached hydrogen (secondary N) is 2. The summed E-state index contributed by atoms with van der Waals surface area (Å²) in [4.78, 5) is 77.6. The quantitative estimate of drug-likeness (QED) is 0.198. The van der Waals surface area contributed by atoms with Crippen LogP contribution < -0.4 is 10.6 Å². The molecule has 1 saturated heterocycles. The Hall–Kier alpha value is -3.64. The fraction of sp³-hybridized carbons (Fsp3) is 0.703. The molecule has 1 aliphatic carbocycles. The van der Waals surface area contributed by atoms with Crippen LogP contribution in [0.25, 0.3) is 0 Å². The number of rotatable bonds is 17. The Morgan fingerprint density at radius 1 is 1.00 bits per heavy atom. The van der Waals surface area contributed by atoms with Gasteiger partial charge in [0.15, 0.2) is 11.8 Å². The molecule has 18 heteroatoms. The van der Waals surface area contributed by atoms with Gasteiger partial charge in [-0.2, -0.15) is 13.2 Å². The number of esters is 2. The zero-order chi connectivity index (χ0) is 40.6. The van der Waals surface area contributed by atoms with Crippen molar-refractivity contribution < 1.29 is 46.6 Å². The first-order chi connectivity index (χ1) is 25.9. The lowest BCUT2D eigenvalue weighted by Crippen LogP contribution is -2.59. The largest absolute Gasteiger partial charge is 0.469 e. The van der Waals surface area contributed by atoms with Gasteiger partial charge < -0.3 is 25.0 Å². The Kier molecular flexibility index (Phi) is 15.6. The first-order valence-corrected chi connectivity index (χ1v) is 20.5. The second kappa shape index (κ2) is 19.5. The fourth-order valence-corrected chi connectivity index (χ4v) is 8.87. The van der Waals surface area contributed by atoms with Crippen LogP contribution >= 0.6 is 22.7 Å². The Labute approximate surface area is 328 Å². The maximum absolute atomic E-state index is 14.2. The lowest BCUT2D eigenvalue weighted by atomic mass is 9.78. The molecule has 4 rings (SSSR count). The van der Waals surface area contributed by atoms with E-state index in [2.05, 4.69) is 20.6 Å². The molecule has 6 atom stereocenters. The number of likely N-dealkylation sites (N-methyl/N-ethyl adjacent to an activating group) is 2. The Balaban J connectivity index is 1.51. The minimum Gasteiger partial charge on any atom is -0.469 e. The molecule has 2 fully saturated rings. The highest BCUT2D eigenvalue weighted by molar-refractivity contribution is 7.10. The Morgan fingerprint density at radius 2 is 1.71 bits per heavy atom. The van der Waals surface area contributed by atoms with Crippen LogP contribution in [0.4, 0.5) is 13.2 Å². The number of piperidine rings is 1. The molecule has 2 aromatic heterocycles. The zero-order valence-electron chi connectivity index (χ0n) is 32.4. The Morgan fingerprint density at radius 3 is 2.27 bits per heavy atom. The summed E-state index contributed by atoms with van der Waals surface area (Å²) < 4.78 is 50.2. The van der Waals surface area contributed by atoms with Crippen LogP contribution in [-0.4, -0.2) is 101 Å². The van der Waals surface area contributed by atoms with E-state index >= 15 is 0 Å². The molecular formula is C37H53F3N6O7S2. The summed E-state index contributed by atoms with van der Waals surface area (Å²) in [5, 5.41) is 8.70. The van der Waals surface area contributed by atoms with Crippen molar-refractivity contribution in [3.05, 3.63) is 32.2 Å². The summed E-state index contributed by atoms with van der Waals surface area (Å²) >= 11 is 1.89. The van der Waals surface area contributed by atoms with Gasteiger partial charge in [-0.05, 0) is 57.5 Å². The maximum atomic E-state index is 14.2. The molecule has 13 nitrogen and oxygen atoms in total. The number of methoxy groups -OCH3 is 1. The lowest BCUT2D eigenvalue weighted by molar-refractivity contribution is -0.149. The number of amides is 3. The SMILES string of the molecule is COC(=O)[C@@H](C)C[C@H](Cc1nc(C(F)(F)F)cs1)NC(=O)c1csc([C@@H](C[C@H](C(C)C)N(C)C(=O)[C@@H](NC(=O)[C@H]2CCCCN2C)C2CCC2)OC(C)=O)n1. The number of hydrogen-bond donors (Lipinski definition) is 2. The molecule has 1 saturated carbocycles. The minimum absolute atomic E-state index is 0.0195. The van der Waals surface area contributed by atoms with Crippen molar-refractivity contribution >= 4 is 52.3 Å². The summed E-state index contributed by atoms with van der Waals surface area (Å²) in [6.07, 6.45) is -0.0497. The highest BCUT2D eigenvalue weighted by Gasteiger charge is 2.41. The number of carbonyl (C=O) groups excluding carboxylic acids is 5. The van der Waals surface area contributed by atoms with E-state index in [-0.39, 0.29) is 59.7 Å². The molecular weight excluding hydrogens is 762 g/mol. The third-order valence-electron chi connectivity index (χ3n) is 10.5. The van der Waals surface area contributed by atoms with Crippen molar-refractivity contribution in [1.82, 2.24) is 30.4 Å². The van der Waals surface area contributed by atoms with E-state index in [4.69, 9.17) is 9.47 Å². The number of aromatic nitrogens is 2. The molecule has 2 aliphatic rings.